The second kappa shape index (κ2) is 6.23. The van der Waals surface area contributed by atoms with Crippen LogP contribution < -0.4 is 4.74 Å². The summed E-state index contributed by atoms with van der Waals surface area (Å²) in [7, 11) is 0. The first-order valence-electron chi connectivity index (χ1n) is 5.84. The lowest BCUT2D eigenvalue weighted by atomic mass is 10.0. The minimum Gasteiger partial charge on any atom is -0.493 e. The van der Waals surface area contributed by atoms with Crippen LogP contribution >= 0.6 is 22.9 Å². The fourth-order valence-electron chi connectivity index (χ4n) is 1.80. The Morgan fingerprint density at radius 1 is 1.33 bits per heavy atom. The first-order chi connectivity index (χ1) is 8.72. The Hall–Kier alpha value is -1.03. The zero-order valence-corrected chi connectivity index (χ0v) is 11.7. The second-order valence-electron chi connectivity index (χ2n) is 3.88. The summed E-state index contributed by atoms with van der Waals surface area (Å²) in [4.78, 5) is 0.996. The van der Waals surface area contributed by atoms with E-state index < -0.39 is 6.10 Å². The number of halogens is 1. The first-order valence-corrected chi connectivity index (χ1v) is 7.09. The Labute approximate surface area is 116 Å². The Balaban J connectivity index is 2.18. The van der Waals surface area contributed by atoms with Crippen LogP contribution in [0.25, 0.3) is 0 Å². The molecule has 18 heavy (non-hydrogen) atoms. The molecule has 0 aliphatic carbocycles. The van der Waals surface area contributed by atoms with Gasteiger partial charge in [-0.05, 0) is 24.4 Å². The fourth-order valence-corrected chi connectivity index (χ4v) is 2.95. The minimum absolute atomic E-state index is 0.514. The van der Waals surface area contributed by atoms with E-state index in [1.807, 2.05) is 42.6 Å². The standard InChI is InChI=1S/C14H15ClO2S/c1-2-17-13-6-4-3-5-10(13)12(16)9-14-11(15)7-8-18-14/h3-8,12,16H,2,9H2,1H3. The third-order valence-electron chi connectivity index (χ3n) is 2.65. The van der Waals surface area contributed by atoms with E-state index in [9.17, 15) is 5.11 Å². The Morgan fingerprint density at radius 2 is 2.11 bits per heavy atom. The summed E-state index contributed by atoms with van der Waals surface area (Å²) in [5, 5.41) is 12.9. The number of hydrogen-bond donors (Lipinski definition) is 1. The molecule has 1 atom stereocenters. The van der Waals surface area contributed by atoms with Gasteiger partial charge in [0.1, 0.15) is 5.75 Å². The van der Waals surface area contributed by atoms with Crippen LogP contribution in [0.4, 0.5) is 0 Å². The molecule has 2 nitrogen and oxygen atoms in total. The van der Waals surface area contributed by atoms with Crippen LogP contribution in [0.3, 0.4) is 0 Å². The Kier molecular flexibility index (Phi) is 4.64. The average Bonchev–Trinajstić information content (AvgIpc) is 2.76. The number of ether oxygens (including phenoxy) is 1. The van der Waals surface area contributed by atoms with Crippen molar-refractivity contribution in [3.8, 4) is 5.75 Å². The van der Waals surface area contributed by atoms with Gasteiger partial charge in [0.05, 0.1) is 17.7 Å². The molecule has 0 amide bonds. The predicted octanol–water partition coefficient (Wildman–Crippen LogP) is 4.08. The van der Waals surface area contributed by atoms with Gasteiger partial charge in [-0.25, -0.2) is 0 Å². The largest absolute Gasteiger partial charge is 0.493 e. The Bertz CT molecular complexity index is 510. The van der Waals surface area contributed by atoms with Crippen LogP contribution in [0.1, 0.15) is 23.5 Å². The molecule has 2 aromatic rings. The number of rotatable bonds is 5. The SMILES string of the molecule is CCOc1ccccc1C(O)Cc1sccc1Cl. The number of para-hydroxylation sites is 1. The third-order valence-corrected chi connectivity index (χ3v) is 4.06. The summed E-state index contributed by atoms with van der Waals surface area (Å²) in [6.07, 6.45) is -0.0791. The van der Waals surface area contributed by atoms with Crippen LogP contribution in [0.2, 0.25) is 5.02 Å². The Morgan fingerprint density at radius 3 is 2.78 bits per heavy atom. The summed E-state index contributed by atoms with van der Waals surface area (Å²) in [5.74, 6) is 0.736. The highest BCUT2D eigenvalue weighted by atomic mass is 35.5. The van der Waals surface area contributed by atoms with Gasteiger partial charge in [0, 0.05) is 16.9 Å². The van der Waals surface area contributed by atoms with E-state index in [4.69, 9.17) is 16.3 Å². The molecule has 0 radical (unpaired) electrons. The maximum Gasteiger partial charge on any atom is 0.125 e. The highest BCUT2D eigenvalue weighted by Crippen LogP contribution is 2.31. The van der Waals surface area contributed by atoms with Gasteiger partial charge in [0.15, 0.2) is 0 Å². The van der Waals surface area contributed by atoms with E-state index in [2.05, 4.69) is 0 Å². The number of hydrogen-bond acceptors (Lipinski definition) is 3. The molecular weight excluding hydrogens is 268 g/mol. The molecule has 4 heteroatoms. The molecule has 2 rings (SSSR count). The third kappa shape index (κ3) is 3.05. The molecule has 1 aromatic heterocycles. The van der Waals surface area contributed by atoms with Gasteiger partial charge in [-0.15, -0.1) is 11.3 Å². The lowest BCUT2D eigenvalue weighted by molar-refractivity contribution is 0.173. The summed E-state index contributed by atoms with van der Waals surface area (Å²) in [6, 6.07) is 9.41. The molecule has 1 aromatic carbocycles. The monoisotopic (exact) mass is 282 g/mol. The summed E-state index contributed by atoms with van der Waals surface area (Å²) in [5.41, 5.74) is 0.809. The van der Waals surface area contributed by atoms with Gasteiger partial charge in [-0.2, -0.15) is 0 Å². The fraction of sp³-hybridized carbons (Fsp3) is 0.286. The van der Waals surface area contributed by atoms with Crippen LogP contribution in [-0.2, 0) is 6.42 Å². The molecule has 0 saturated carbocycles. The van der Waals surface area contributed by atoms with Crippen molar-refractivity contribution in [2.45, 2.75) is 19.4 Å². The van der Waals surface area contributed by atoms with Crippen molar-refractivity contribution >= 4 is 22.9 Å². The molecule has 0 saturated heterocycles. The maximum absolute atomic E-state index is 10.3. The van der Waals surface area contributed by atoms with Gasteiger partial charge in [0.2, 0.25) is 0 Å². The molecule has 0 bridgehead atoms. The normalized spacial score (nSPS) is 12.4. The van der Waals surface area contributed by atoms with Crippen molar-refractivity contribution < 1.29 is 9.84 Å². The highest BCUT2D eigenvalue weighted by Gasteiger charge is 2.15. The van der Waals surface area contributed by atoms with Crippen molar-refractivity contribution in [1.29, 1.82) is 0 Å². The summed E-state index contributed by atoms with van der Waals surface area (Å²) < 4.78 is 5.52. The molecule has 96 valence electrons. The predicted molar refractivity (Wildman–Crippen MR) is 75.6 cm³/mol. The first kappa shape index (κ1) is 13.4. The van der Waals surface area contributed by atoms with E-state index in [-0.39, 0.29) is 0 Å². The van der Waals surface area contributed by atoms with Crippen molar-refractivity contribution in [3.63, 3.8) is 0 Å². The van der Waals surface area contributed by atoms with E-state index in [0.717, 1.165) is 16.2 Å². The second-order valence-corrected chi connectivity index (χ2v) is 5.29. The van der Waals surface area contributed by atoms with Crippen molar-refractivity contribution in [3.05, 3.63) is 51.2 Å². The smallest absolute Gasteiger partial charge is 0.125 e. The quantitative estimate of drug-likeness (QED) is 0.895. The molecule has 0 spiro atoms. The molecule has 0 fully saturated rings. The van der Waals surface area contributed by atoms with Gasteiger partial charge >= 0.3 is 0 Å². The van der Waals surface area contributed by atoms with E-state index in [1.165, 1.54) is 0 Å². The minimum atomic E-state index is -0.594. The van der Waals surface area contributed by atoms with E-state index in [1.54, 1.807) is 11.3 Å². The van der Waals surface area contributed by atoms with E-state index >= 15 is 0 Å². The summed E-state index contributed by atoms with van der Waals surface area (Å²) in [6.45, 7) is 2.52. The van der Waals surface area contributed by atoms with Gasteiger partial charge in [-0.1, -0.05) is 29.8 Å². The maximum atomic E-state index is 10.3. The lowest BCUT2D eigenvalue weighted by Crippen LogP contribution is -2.04. The van der Waals surface area contributed by atoms with Crippen molar-refractivity contribution in [2.75, 3.05) is 6.61 Å². The highest BCUT2D eigenvalue weighted by molar-refractivity contribution is 7.10. The van der Waals surface area contributed by atoms with Crippen LogP contribution in [0, 0.1) is 0 Å². The average molecular weight is 283 g/mol. The molecule has 1 unspecified atom stereocenters. The molecule has 1 heterocycles. The van der Waals surface area contributed by atoms with Crippen molar-refractivity contribution in [1.82, 2.24) is 0 Å². The number of thiophene rings is 1. The zero-order valence-electron chi connectivity index (χ0n) is 10.1. The van der Waals surface area contributed by atoms with Gasteiger partial charge < -0.3 is 9.84 Å². The zero-order chi connectivity index (χ0) is 13.0. The summed E-state index contributed by atoms with van der Waals surface area (Å²) >= 11 is 7.60. The molecule has 0 aliphatic heterocycles. The number of aliphatic hydroxyl groups excluding tert-OH is 1. The van der Waals surface area contributed by atoms with Crippen molar-refractivity contribution in [2.24, 2.45) is 0 Å². The lowest BCUT2D eigenvalue weighted by Gasteiger charge is -2.15. The number of benzene rings is 1. The topological polar surface area (TPSA) is 29.5 Å². The van der Waals surface area contributed by atoms with Gasteiger partial charge in [-0.3, -0.25) is 0 Å². The van der Waals surface area contributed by atoms with Gasteiger partial charge in [0.25, 0.3) is 0 Å². The van der Waals surface area contributed by atoms with Crippen LogP contribution in [-0.4, -0.2) is 11.7 Å². The van der Waals surface area contributed by atoms with E-state index in [0.29, 0.717) is 18.1 Å². The number of aliphatic hydroxyl groups is 1. The molecule has 0 aliphatic rings. The molecule has 1 N–H and O–H groups in total. The van der Waals surface area contributed by atoms with Crippen LogP contribution in [0.15, 0.2) is 35.7 Å². The molecular formula is C14H15ClO2S. The van der Waals surface area contributed by atoms with Crippen LogP contribution in [0.5, 0.6) is 5.75 Å².